The fourth-order valence-corrected chi connectivity index (χ4v) is 2.64. The molecule has 3 rings (SSSR count). The molecule has 0 bridgehead atoms. The first-order chi connectivity index (χ1) is 10.0. The molecule has 1 fully saturated rings. The number of H-pyrrole nitrogens is 1. The van der Waals surface area contributed by atoms with Crippen molar-refractivity contribution in [1.82, 2.24) is 4.98 Å². The topological polar surface area (TPSA) is 129 Å². The van der Waals surface area contributed by atoms with Crippen molar-refractivity contribution in [3.05, 3.63) is 40.1 Å². The number of benzene rings is 1. The van der Waals surface area contributed by atoms with Gasteiger partial charge < -0.3 is 25.0 Å². The Kier molecular flexibility index (Phi) is 3.38. The van der Waals surface area contributed by atoms with Crippen LogP contribution in [0.4, 0.5) is 5.69 Å². The molecule has 1 aromatic heterocycles. The average Bonchev–Trinajstić information content (AvgIpc) is 3.01. The van der Waals surface area contributed by atoms with E-state index in [1.165, 1.54) is 12.1 Å². The minimum atomic E-state index is -1.21. The third kappa shape index (κ3) is 2.18. The molecule has 0 radical (unpaired) electrons. The van der Waals surface area contributed by atoms with E-state index in [9.17, 15) is 20.3 Å². The zero-order valence-electron chi connectivity index (χ0n) is 10.8. The van der Waals surface area contributed by atoms with Gasteiger partial charge in [0.25, 0.3) is 5.69 Å². The number of aromatic nitrogens is 1. The quantitative estimate of drug-likeness (QED) is 0.474. The molecule has 1 unspecified atom stereocenters. The SMILES string of the molecule is O=[N+]([O-])c1ccc2[nH]cc(C3O[C@@H](CO)[C@H](O)[C@@H]3O)c2c1. The van der Waals surface area contributed by atoms with Crippen molar-refractivity contribution in [3.63, 3.8) is 0 Å². The maximum absolute atomic E-state index is 10.9. The molecule has 0 spiro atoms. The summed E-state index contributed by atoms with van der Waals surface area (Å²) in [7, 11) is 0. The van der Waals surface area contributed by atoms with Gasteiger partial charge in [-0.05, 0) is 6.07 Å². The van der Waals surface area contributed by atoms with E-state index >= 15 is 0 Å². The number of ether oxygens (including phenoxy) is 1. The van der Waals surface area contributed by atoms with E-state index in [4.69, 9.17) is 9.84 Å². The Morgan fingerprint density at radius 2 is 2.10 bits per heavy atom. The number of nitrogens with one attached hydrogen (secondary N) is 1. The van der Waals surface area contributed by atoms with Gasteiger partial charge in [-0.25, -0.2) is 0 Å². The standard InChI is InChI=1S/C13H14N2O6/c16-5-10-11(17)12(18)13(21-10)8-4-14-9-2-1-6(15(19)20)3-7(8)9/h1-4,10-14,16-18H,5H2/t10-,11-,12-,13?/m0/s1. The van der Waals surface area contributed by atoms with Crippen molar-refractivity contribution in [3.8, 4) is 0 Å². The summed E-state index contributed by atoms with van der Waals surface area (Å²) in [5.41, 5.74) is 1.10. The van der Waals surface area contributed by atoms with Crippen LogP contribution in [0, 0.1) is 10.1 Å². The number of non-ortho nitro benzene ring substituents is 1. The molecule has 8 nitrogen and oxygen atoms in total. The van der Waals surface area contributed by atoms with Gasteiger partial charge in [-0.1, -0.05) is 0 Å². The predicted octanol–water partition coefficient (Wildman–Crippen LogP) is 0.230. The van der Waals surface area contributed by atoms with Crippen LogP contribution in [0.1, 0.15) is 11.7 Å². The summed E-state index contributed by atoms with van der Waals surface area (Å²) in [6.45, 7) is -0.419. The van der Waals surface area contributed by atoms with Gasteiger partial charge in [0.1, 0.15) is 24.4 Å². The third-order valence-electron chi connectivity index (χ3n) is 3.76. The summed E-state index contributed by atoms with van der Waals surface area (Å²) in [5.74, 6) is 0. The Hall–Kier alpha value is -2.00. The number of fused-ring (bicyclic) bond motifs is 1. The van der Waals surface area contributed by atoms with Gasteiger partial charge in [0.05, 0.1) is 11.5 Å². The lowest BCUT2D eigenvalue weighted by Crippen LogP contribution is -2.32. The Morgan fingerprint density at radius 1 is 1.33 bits per heavy atom. The number of aliphatic hydroxyl groups excluding tert-OH is 3. The summed E-state index contributed by atoms with van der Waals surface area (Å²) >= 11 is 0. The highest BCUT2D eigenvalue weighted by Gasteiger charge is 2.43. The Balaban J connectivity index is 2.04. The Labute approximate surface area is 118 Å². The normalized spacial score (nSPS) is 29.1. The molecule has 8 heteroatoms. The highest BCUT2D eigenvalue weighted by atomic mass is 16.6. The molecule has 1 aliphatic heterocycles. The molecule has 0 aliphatic carbocycles. The molecule has 2 aromatic rings. The molecule has 2 heterocycles. The van der Waals surface area contributed by atoms with Crippen LogP contribution in [-0.2, 0) is 4.74 Å². The fraction of sp³-hybridized carbons (Fsp3) is 0.385. The van der Waals surface area contributed by atoms with E-state index < -0.39 is 35.9 Å². The van der Waals surface area contributed by atoms with Gasteiger partial charge in [-0.2, -0.15) is 0 Å². The van der Waals surface area contributed by atoms with Crippen LogP contribution in [0.5, 0.6) is 0 Å². The first kappa shape index (κ1) is 14.0. The number of aliphatic hydroxyl groups is 3. The number of nitro groups is 1. The molecule has 1 aromatic carbocycles. The van der Waals surface area contributed by atoms with Crippen molar-refractivity contribution < 1.29 is 25.0 Å². The van der Waals surface area contributed by atoms with Crippen LogP contribution in [0.25, 0.3) is 10.9 Å². The summed E-state index contributed by atoms with van der Waals surface area (Å²) in [4.78, 5) is 13.3. The molecule has 4 atom stereocenters. The van der Waals surface area contributed by atoms with E-state index in [1.807, 2.05) is 0 Å². The molecule has 0 saturated carbocycles. The summed E-state index contributed by atoms with van der Waals surface area (Å²) in [6.07, 6.45) is -2.57. The highest BCUT2D eigenvalue weighted by molar-refractivity contribution is 5.85. The first-order valence-electron chi connectivity index (χ1n) is 6.41. The molecule has 4 N–H and O–H groups in total. The number of nitro benzene ring substituents is 1. The van der Waals surface area contributed by atoms with E-state index in [2.05, 4.69) is 4.98 Å². The number of aromatic amines is 1. The Bertz CT molecular complexity index is 684. The maximum Gasteiger partial charge on any atom is 0.270 e. The lowest BCUT2D eigenvalue weighted by atomic mass is 10.0. The number of nitrogens with zero attached hydrogens (tertiary/aromatic N) is 1. The van der Waals surface area contributed by atoms with Crippen molar-refractivity contribution in [1.29, 1.82) is 0 Å². The van der Waals surface area contributed by atoms with E-state index in [0.717, 1.165) is 0 Å². The second-order valence-electron chi connectivity index (χ2n) is 4.99. The number of hydrogen-bond acceptors (Lipinski definition) is 6. The third-order valence-corrected chi connectivity index (χ3v) is 3.76. The van der Waals surface area contributed by atoms with Crippen molar-refractivity contribution in [2.45, 2.75) is 24.4 Å². The molecule has 0 amide bonds. The highest BCUT2D eigenvalue weighted by Crippen LogP contribution is 2.37. The molecular formula is C13H14N2O6. The van der Waals surface area contributed by atoms with Gasteiger partial charge in [-0.15, -0.1) is 0 Å². The molecule has 1 aliphatic rings. The molecule has 1 saturated heterocycles. The van der Waals surface area contributed by atoms with E-state index in [0.29, 0.717) is 16.5 Å². The number of rotatable bonds is 3. The molecular weight excluding hydrogens is 280 g/mol. The lowest BCUT2D eigenvalue weighted by Gasteiger charge is -2.13. The summed E-state index contributed by atoms with van der Waals surface area (Å²) < 4.78 is 5.45. The zero-order valence-corrected chi connectivity index (χ0v) is 10.8. The van der Waals surface area contributed by atoms with Gasteiger partial charge >= 0.3 is 0 Å². The van der Waals surface area contributed by atoms with Crippen LogP contribution in [0.3, 0.4) is 0 Å². The minimum absolute atomic E-state index is 0.0740. The average molecular weight is 294 g/mol. The molecule has 21 heavy (non-hydrogen) atoms. The van der Waals surface area contributed by atoms with Crippen molar-refractivity contribution in [2.75, 3.05) is 6.61 Å². The van der Waals surface area contributed by atoms with E-state index in [1.54, 1.807) is 12.3 Å². The first-order valence-corrected chi connectivity index (χ1v) is 6.41. The second kappa shape index (κ2) is 5.08. The monoisotopic (exact) mass is 294 g/mol. The Morgan fingerprint density at radius 3 is 2.71 bits per heavy atom. The van der Waals surface area contributed by atoms with Crippen LogP contribution in [0.2, 0.25) is 0 Å². The zero-order chi connectivity index (χ0) is 15.1. The van der Waals surface area contributed by atoms with Gasteiger partial charge in [0.2, 0.25) is 0 Å². The van der Waals surface area contributed by atoms with Gasteiger partial charge in [0.15, 0.2) is 0 Å². The minimum Gasteiger partial charge on any atom is -0.394 e. The smallest absolute Gasteiger partial charge is 0.270 e. The number of hydrogen-bond donors (Lipinski definition) is 4. The van der Waals surface area contributed by atoms with E-state index in [-0.39, 0.29) is 5.69 Å². The van der Waals surface area contributed by atoms with Crippen molar-refractivity contribution in [2.24, 2.45) is 0 Å². The molecule has 112 valence electrons. The van der Waals surface area contributed by atoms with Crippen LogP contribution < -0.4 is 0 Å². The summed E-state index contributed by atoms with van der Waals surface area (Å²) in [6, 6.07) is 4.33. The fourth-order valence-electron chi connectivity index (χ4n) is 2.64. The maximum atomic E-state index is 10.9. The van der Waals surface area contributed by atoms with Gasteiger partial charge in [-0.3, -0.25) is 10.1 Å². The lowest BCUT2D eigenvalue weighted by molar-refractivity contribution is -0.384. The van der Waals surface area contributed by atoms with Crippen molar-refractivity contribution >= 4 is 16.6 Å². The predicted molar refractivity (Wildman–Crippen MR) is 71.7 cm³/mol. The van der Waals surface area contributed by atoms with Crippen LogP contribution in [-0.4, -0.2) is 50.1 Å². The summed E-state index contributed by atoms with van der Waals surface area (Å²) in [5, 5.41) is 40.3. The van der Waals surface area contributed by atoms with Crippen LogP contribution in [0.15, 0.2) is 24.4 Å². The van der Waals surface area contributed by atoms with Gasteiger partial charge in [0, 0.05) is 34.8 Å². The van der Waals surface area contributed by atoms with Crippen LogP contribution >= 0.6 is 0 Å². The second-order valence-corrected chi connectivity index (χ2v) is 4.99. The largest absolute Gasteiger partial charge is 0.394 e.